The average molecular weight is 257 g/mol. The highest BCUT2D eigenvalue weighted by Gasteiger charge is 2.31. The molecular weight excluding hydrogens is 238 g/mol. The maximum Gasteiger partial charge on any atom is 0.243 e. The number of fused-ring (bicyclic) bond motifs is 1. The van der Waals surface area contributed by atoms with Gasteiger partial charge < -0.3 is 11.1 Å². The molecule has 1 heterocycles. The molecule has 3 rings (SSSR count). The summed E-state index contributed by atoms with van der Waals surface area (Å²) in [4.78, 5) is 4.52. The maximum atomic E-state index is 5.96. The minimum Gasteiger partial charge on any atom is -0.346 e. The van der Waals surface area contributed by atoms with Crippen LogP contribution in [0.2, 0.25) is 0 Å². The first kappa shape index (κ1) is 12.3. The molecule has 0 spiro atoms. The molecule has 1 aliphatic rings. The van der Waals surface area contributed by atoms with E-state index in [9.17, 15) is 0 Å². The number of hydrogen-bond acceptors (Lipinski definition) is 5. The second-order valence-electron chi connectivity index (χ2n) is 5.29. The van der Waals surface area contributed by atoms with Crippen molar-refractivity contribution in [2.45, 2.75) is 37.6 Å². The van der Waals surface area contributed by atoms with E-state index in [1.54, 1.807) is 0 Å². The first-order chi connectivity index (χ1) is 9.31. The van der Waals surface area contributed by atoms with Gasteiger partial charge in [0, 0.05) is 6.54 Å². The Labute approximate surface area is 112 Å². The van der Waals surface area contributed by atoms with Crippen molar-refractivity contribution in [3.63, 3.8) is 0 Å². The van der Waals surface area contributed by atoms with E-state index in [1.807, 2.05) is 24.3 Å². The molecule has 0 amide bonds. The largest absolute Gasteiger partial charge is 0.346 e. The molecule has 0 aliphatic heterocycles. The van der Waals surface area contributed by atoms with Crippen LogP contribution in [-0.2, 0) is 0 Å². The van der Waals surface area contributed by atoms with E-state index >= 15 is 0 Å². The lowest BCUT2D eigenvalue weighted by Crippen LogP contribution is -2.47. The summed E-state index contributed by atoms with van der Waals surface area (Å²) in [6.45, 7) is 0.614. The normalized spacial score (nSPS) is 18.4. The Kier molecular flexibility index (Phi) is 3.29. The van der Waals surface area contributed by atoms with Gasteiger partial charge in [-0.25, -0.2) is 4.98 Å². The van der Waals surface area contributed by atoms with E-state index in [4.69, 9.17) is 5.73 Å². The van der Waals surface area contributed by atoms with Crippen LogP contribution in [0, 0.1) is 0 Å². The second-order valence-corrected chi connectivity index (χ2v) is 5.29. The standard InChI is InChI=1S/C14H19N5/c15-10-14(8-4-1-5-9-14)17-13-16-11-6-2-3-7-12(11)18-19-13/h2-3,6-7H,1,4-5,8-10,15H2,(H,16,17,19). The van der Waals surface area contributed by atoms with E-state index in [0.29, 0.717) is 12.5 Å². The molecule has 5 heteroatoms. The first-order valence-electron chi connectivity index (χ1n) is 6.89. The van der Waals surface area contributed by atoms with Crippen molar-refractivity contribution in [1.29, 1.82) is 0 Å². The van der Waals surface area contributed by atoms with Crippen molar-refractivity contribution in [3.05, 3.63) is 24.3 Å². The quantitative estimate of drug-likeness (QED) is 0.880. The van der Waals surface area contributed by atoms with Crippen LogP contribution in [0.4, 0.5) is 5.95 Å². The van der Waals surface area contributed by atoms with E-state index in [-0.39, 0.29) is 5.54 Å². The zero-order chi connectivity index (χ0) is 13.1. The van der Waals surface area contributed by atoms with Gasteiger partial charge in [-0.05, 0) is 25.0 Å². The number of nitrogens with two attached hydrogens (primary N) is 1. The van der Waals surface area contributed by atoms with Crippen molar-refractivity contribution in [2.75, 3.05) is 11.9 Å². The zero-order valence-electron chi connectivity index (χ0n) is 11.0. The molecule has 1 aromatic carbocycles. The summed E-state index contributed by atoms with van der Waals surface area (Å²) in [6.07, 6.45) is 5.88. The van der Waals surface area contributed by atoms with Crippen LogP contribution in [0.5, 0.6) is 0 Å². The van der Waals surface area contributed by atoms with Crippen LogP contribution < -0.4 is 11.1 Å². The van der Waals surface area contributed by atoms with Gasteiger partial charge in [-0.2, -0.15) is 0 Å². The lowest BCUT2D eigenvalue weighted by Gasteiger charge is -2.36. The van der Waals surface area contributed by atoms with Crippen molar-refractivity contribution in [2.24, 2.45) is 5.73 Å². The highest BCUT2D eigenvalue weighted by atomic mass is 15.3. The van der Waals surface area contributed by atoms with Gasteiger partial charge in [0.25, 0.3) is 0 Å². The molecule has 0 saturated heterocycles. The molecule has 1 fully saturated rings. The number of nitrogens with zero attached hydrogens (tertiary/aromatic N) is 3. The van der Waals surface area contributed by atoms with E-state index in [0.717, 1.165) is 23.9 Å². The minimum atomic E-state index is -0.0532. The molecule has 1 aromatic heterocycles. The van der Waals surface area contributed by atoms with Crippen LogP contribution in [0.15, 0.2) is 24.3 Å². The molecule has 0 unspecified atom stereocenters. The predicted octanol–water partition coefficient (Wildman–Crippen LogP) is 2.10. The smallest absolute Gasteiger partial charge is 0.243 e. The highest BCUT2D eigenvalue weighted by molar-refractivity contribution is 5.74. The molecule has 5 nitrogen and oxygen atoms in total. The SMILES string of the molecule is NCC1(Nc2nnc3ccccc3n2)CCCCC1. The lowest BCUT2D eigenvalue weighted by atomic mass is 9.82. The number of para-hydroxylation sites is 1. The molecule has 2 aromatic rings. The Bertz CT molecular complexity index is 563. The third kappa shape index (κ3) is 2.51. The fourth-order valence-electron chi connectivity index (χ4n) is 2.78. The zero-order valence-corrected chi connectivity index (χ0v) is 11.0. The highest BCUT2D eigenvalue weighted by Crippen LogP contribution is 2.30. The van der Waals surface area contributed by atoms with Crippen LogP contribution in [0.1, 0.15) is 32.1 Å². The molecule has 100 valence electrons. The number of aromatic nitrogens is 3. The van der Waals surface area contributed by atoms with Gasteiger partial charge in [0.05, 0.1) is 11.1 Å². The summed E-state index contributed by atoms with van der Waals surface area (Å²) in [5.41, 5.74) is 7.59. The monoisotopic (exact) mass is 257 g/mol. The molecular formula is C14H19N5. The fraction of sp³-hybridized carbons (Fsp3) is 0.500. The van der Waals surface area contributed by atoms with E-state index in [2.05, 4.69) is 20.5 Å². The Morgan fingerprint density at radius 2 is 1.79 bits per heavy atom. The number of nitrogens with one attached hydrogen (secondary N) is 1. The molecule has 3 N–H and O–H groups in total. The molecule has 0 radical (unpaired) electrons. The third-order valence-electron chi connectivity index (χ3n) is 3.94. The second kappa shape index (κ2) is 5.09. The first-order valence-corrected chi connectivity index (χ1v) is 6.89. The Morgan fingerprint density at radius 1 is 1.05 bits per heavy atom. The van der Waals surface area contributed by atoms with Gasteiger partial charge in [-0.3, -0.25) is 0 Å². The Morgan fingerprint density at radius 3 is 2.53 bits per heavy atom. The maximum absolute atomic E-state index is 5.96. The van der Waals surface area contributed by atoms with E-state index < -0.39 is 0 Å². The molecule has 1 aliphatic carbocycles. The Balaban J connectivity index is 1.87. The van der Waals surface area contributed by atoms with Crippen LogP contribution in [-0.4, -0.2) is 27.3 Å². The van der Waals surface area contributed by atoms with E-state index in [1.165, 1.54) is 19.3 Å². The minimum absolute atomic E-state index is 0.0532. The van der Waals surface area contributed by atoms with Crippen molar-refractivity contribution in [1.82, 2.24) is 15.2 Å². The van der Waals surface area contributed by atoms with Gasteiger partial charge in [0.2, 0.25) is 5.95 Å². The number of benzene rings is 1. The van der Waals surface area contributed by atoms with Crippen LogP contribution in [0.25, 0.3) is 11.0 Å². The number of hydrogen-bond donors (Lipinski definition) is 2. The Hall–Kier alpha value is -1.75. The lowest BCUT2D eigenvalue weighted by molar-refractivity contribution is 0.329. The van der Waals surface area contributed by atoms with Gasteiger partial charge >= 0.3 is 0 Å². The average Bonchev–Trinajstić information content (AvgIpc) is 2.48. The molecule has 0 atom stereocenters. The summed E-state index contributed by atoms with van der Waals surface area (Å²) in [6, 6.07) is 7.76. The topological polar surface area (TPSA) is 76.7 Å². The summed E-state index contributed by atoms with van der Waals surface area (Å²) in [5, 5.41) is 11.8. The number of anilines is 1. The summed E-state index contributed by atoms with van der Waals surface area (Å²) >= 11 is 0. The van der Waals surface area contributed by atoms with Crippen LogP contribution >= 0.6 is 0 Å². The number of rotatable bonds is 3. The summed E-state index contributed by atoms with van der Waals surface area (Å²) in [7, 11) is 0. The van der Waals surface area contributed by atoms with Crippen molar-refractivity contribution < 1.29 is 0 Å². The van der Waals surface area contributed by atoms with Crippen LogP contribution in [0.3, 0.4) is 0 Å². The summed E-state index contributed by atoms with van der Waals surface area (Å²) in [5.74, 6) is 0.589. The van der Waals surface area contributed by atoms with Crippen molar-refractivity contribution in [3.8, 4) is 0 Å². The molecule has 0 bridgehead atoms. The summed E-state index contributed by atoms with van der Waals surface area (Å²) < 4.78 is 0. The molecule has 1 saturated carbocycles. The van der Waals surface area contributed by atoms with Gasteiger partial charge in [0.1, 0.15) is 5.52 Å². The van der Waals surface area contributed by atoms with Gasteiger partial charge in [-0.1, -0.05) is 31.4 Å². The van der Waals surface area contributed by atoms with Gasteiger partial charge in [-0.15, -0.1) is 10.2 Å². The predicted molar refractivity (Wildman–Crippen MR) is 75.8 cm³/mol. The molecule has 19 heavy (non-hydrogen) atoms. The fourth-order valence-corrected chi connectivity index (χ4v) is 2.78. The van der Waals surface area contributed by atoms with Crippen molar-refractivity contribution >= 4 is 17.0 Å². The third-order valence-corrected chi connectivity index (χ3v) is 3.94. The van der Waals surface area contributed by atoms with Gasteiger partial charge in [0.15, 0.2) is 0 Å².